The van der Waals surface area contributed by atoms with E-state index in [2.05, 4.69) is 23.3 Å². The summed E-state index contributed by atoms with van der Waals surface area (Å²) >= 11 is 0. The largest absolute Gasteiger partial charge is 0.468 e. The van der Waals surface area contributed by atoms with Gasteiger partial charge < -0.3 is 9.73 Å². The van der Waals surface area contributed by atoms with Gasteiger partial charge in [-0.2, -0.15) is 0 Å². The molecule has 0 saturated heterocycles. The van der Waals surface area contributed by atoms with Crippen molar-refractivity contribution in [2.45, 2.75) is 57.7 Å². The zero-order valence-electron chi connectivity index (χ0n) is 11.7. The van der Waals surface area contributed by atoms with Crippen molar-refractivity contribution in [3.8, 4) is 0 Å². The predicted molar refractivity (Wildman–Crippen MR) is 74.4 cm³/mol. The molecule has 0 unspecified atom stereocenters. The third-order valence-electron chi connectivity index (χ3n) is 4.05. The molecule has 1 aliphatic carbocycles. The number of hydrogen-bond donors (Lipinski definition) is 1. The van der Waals surface area contributed by atoms with Gasteiger partial charge in [-0.15, -0.1) is 0 Å². The molecule has 0 radical (unpaired) electrons. The molecule has 3 nitrogen and oxygen atoms in total. The van der Waals surface area contributed by atoms with E-state index in [4.69, 9.17) is 4.42 Å². The van der Waals surface area contributed by atoms with Gasteiger partial charge in [0.2, 0.25) is 0 Å². The Labute approximate surface area is 111 Å². The second-order valence-electron chi connectivity index (χ2n) is 5.46. The van der Waals surface area contributed by atoms with Gasteiger partial charge in [-0.25, -0.2) is 0 Å². The van der Waals surface area contributed by atoms with Gasteiger partial charge >= 0.3 is 0 Å². The van der Waals surface area contributed by atoms with Gasteiger partial charge in [0.25, 0.3) is 0 Å². The molecule has 0 aliphatic heterocycles. The maximum absolute atomic E-state index is 5.63. The molecular formula is C15H26N2O. The highest BCUT2D eigenvalue weighted by atomic mass is 16.3. The van der Waals surface area contributed by atoms with Crippen LogP contribution in [0.1, 0.15) is 49.8 Å². The first-order valence-electron chi connectivity index (χ1n) is 7.21. The van der Waals surface area contributed by atoms with Gasteiger partial charge in [0.15, 0.2) is 0 Å². The van der Waals surface area contributed by atoms with Crippen LogP contribution in [0.4, 0.5) is 0 Å². The van der Waals surface area contributed by atoms with Crippen LogP contribution in [0.15, 0.2) is 16.7 Å². The molecule has 1 aromatic heterocycles. The van der Waals surface area contributed by atoms with Crippen LogP contribution in [-0.2, 0) is 13.1 Å². The molecule has 1 saturated carbocycles. The highest BCUT2D eigenvalue weighted by molar-refractivity contribution is 5.16. The number of nitrogens with zero attached hydrogens (tertiary/aromatic N) is 1. The van der Waals surface area contributed by atoms with Crippen LogP contribution in [0.25, 0.3) is 0 Å². The Hall–Kier alpha value is -0.800. The average Bonchev–Trinajstić information content (AvgIpc) is 2.66. The van der Waals surface area contributed by atoms with Gasteiger partial charge in [0.05, 0.1) is 12.8 Å². The van der Waals surface area contributed by atoms with Crippen LogP contribution < -0.4 is 5.32 Å². The molecule has 0 bridgehead atoms. The maximum Gasteiger partial charge on any atom is 0.122 e. The number of rotatable bonds is 5. The topological polar surface area (TPSA) is 28.4 Å². The van der Waals surface area contributed by atoms with Gasteiger partial charge in [-0.3, -0.25) is 4.90 Å². The SMILES string of the molecule is CNCc1ccoc1CN(C)C1CCCCCC1. The van der Waals surface area contributed by atoms with Gasteiger partial charge in [-0.1, -0.05) is 25.7 Å². The van der Waals surface area contributed by atoms with Gasteiger partial charge in [-0.05, 0) is 33.0 Å². The van der Waals surface area contributed by atoms with Crippen molar-refractivity contribution in [2.24, 2.45) is 0 Å². The van der Waals surface area contributed by atoms with E-state index >= 15 is 0 Å². The first-order chi connectivity index (χ1) is 8.81. The summed E-state index contributed by atoms with van der Waals surface area (Å²) < 4.78 is 5.63. The van der Waals surface area contributed by atoms with Crippen LogP contribution in [0, 0.1) is 0 Å². The summed E-state index contributed by atoms with van der Waals surface area (Å²) in [5, 5.41) is 3.19. The molecule has 0 atom stereocenters. The van der Waals surface area contributed by atoms with Crippen molar-refractivity contribution in [2.75, 3.05) is 14.1 Å². The fourth-order valence-electron chi connectivity index (χ4n) is 2.91. The molecule has 0 spiro atoms. The predicted octanol–water partition coefficient (Wildman–Crippen LogP) is 3.15. The zero-order chi connectivity index (χ0) is 12.8. The van der Waals surface area contributed by atoms with E-state index in [1.807, 2.05) is 13.3 Å². The van der Waals surface area contributed by atoms with E-state index in [9.17, 15) is 0 Å². The van der Waals surface area contributed by atoms with E-state index < -0.39 is 0 Å². The Kier molecular flexibility index (Phi) is 5.26. The monoisotopic (exact) mass is 250 g/mol. The first kappa shape index (κ1) is 13.6. The lowest BCUT2D eigenvalue weighted by Gasteiger charge is -2.26. The lowest BCUT2D eigenvalue weighted by Crippen LogP contribution is -2.31. The molecule has 1 N–H and O–H groups in total. The van der Waals surface area contributed by atoms with E-state index in [1.54, 1.807) is 0 Å². The van der Waals surface area contributed by atoms with Crippen molar-refractivity contribution in [1.82, 2.24) is 10.2 Å². The Bertz CT molecular complexity index is 340. The number of nitrogens with one attached hydrogen (secondary N) is 1. The molecule has 1 aliphatic rings. The van der Waals surface area contributed by atoms with E-state index in [0.29, 0.717) is 0 Å². The summed E-state index contributed by atoms with van der Waals surface area (Å²) in [6.45, 7) is 1.83. The lowest BCUT2D eigenvalue weighted by atomic mass is 10.1. The molecule has 1 heterocycles. The molecule has 1 fully saturated rings. The van der Waals surface area contributed by atoms with Crippen LogP contribution in [0.2, 0.25) is 0 Å². The van der Waals surface area contributed by atoms with Gasteiger partial charge in [0, 0.05) is 18.2 Å². The Morgan fingerprint density at radius 1 is 1.28 bits per heavy atom. The van der Waals surface area contributed by atoms with Crippen molar-refractivity contribution in [3.63, 3.8) is 0 Å². The fraction of sp³-hybridized carbons (Fsp3) is 0.733. The number of hydrogen-bond acceptors (Lipinski definition) is 3. The summed E-state index contributed by atoms with van der Waals surface area (Å²) in [7, 11) is 4.22. The fourth-order valence-corrected chi connectivity index (χ4v) is 2.91. The standard InChI is InChI=1S/C15H26N2O/c1-16-11-13-9-10-18-15(13)12-17(2)14-7-5-3-4-6-8-14/h9-10,14,16H,3-8,11-12H2,1-2H3. The molecule has 102 valence electrons. The van der Waals surface area contributed by atoms with Crippen LogP contribution in [0.5, 0.6) is 0 Å². The zero-order valence-corrected chi connectivity index (χ0v) is 11.7. The minimum absolute atomic E-state index is 0.736. The Balaban J connectivity index is 1.92. The van der Waals surface area contributed by atoms with Crippen molar-refractivity contribution >= 4 is 0 Å². The summed E-state index contributed by atoms with van der Waals surface area (Å²) in [6, 6.07) is 2.81. The summed E-state index contributed by atoms with van der Waals surface area (Å²) in [5.74, 6) is 1.12. The Morgan fingerprint density at radius 3 is 2.67 bits per heavy atom. The minimum atomic E-state index is 0.736. The Morgan fingerprint density at radius 2 is 2.00 bits per heavy atom. The molecule has 2 rings (SSSR count). The van der Waals surface area contributed by atoms with Gasteiger partial charge in [0.1, 0.15) is 5.76 Å². The lowest BCUT2D eigenvalue weighted by molar-refractivity contribution is 0.197. The van der Waals surface area contributed by atoms with Crippen LogP contribution in [-0.4, -0.2) is 25.0 Å². The third kappa shape index (κ3) is 3.59. The smallest absolute Gasteiger partial charge is 0.122 e. The quantitative estimate of drug-likeness (QED) is 0.814. The van der Waals surface area contributed by atoms with Crippen molar-refractivity contribution in [3.05, 3.63) is 23.7 Å². The third-order valence-corrected chi connectivity index (χ3v) is 4.05. The molecule has 18 heavy (non-hydrogen) atoms. The molecular weight excluding hydrogens is 224 g/mol. The summed E-state index contributed by atoms with van der Waals surface area (Å²) in [6.07, 6.45) is 10.1. The molecule has 3 heteroatoms. The normalized spacial score (nSPS) is 18.2. The highest BCUT2D eigenvalue weighted by Gasteiger charge is 2.18. The second-order valence-corrected chi connectivity index (χ2v) is 5.46. The summed E-state index contributed by atoms with van der Waals surface area (Å²) in [4.78, 5) is 2.48. The molecule has 0 amide bonds. The van der Waals surface area contributed by atoms with Crippen LogP contribution in [0.3, 0.4) is 0 Å². The molecule has 0 aromatic carbocycles. The van der Waals surface area contributed by atoms with E-state index in [0.717, 1.165) is 24.9 Å². The van der Waals surface area contributed by atoms with E-state index in [1.165, 1.54) is 44.1 Å². The van der Waals surface area contributed by atoms with Crippen molar-refractivity contribution < 1.29 is 4.42 Å². The first-order valence-corrected chi connectivity index (χ1v) is 7.21. The molecule has 1 aromatic rings. The highest BCUT2D eigenvalue weighted by Crippen LogP contribution is 2.23. The average molecular weight is 250 g/mol. The van der Waals surface area contributed by atoms with E-state index in [-0.39, 0.29) is 0 Å². The van der Waals surface area contributed by atoms with Crippen LogP contribution >= 0.6 is 0 Å². The second kappa shape index (κ2) is 6.95. The van der Waals surface area contributed by atoms with Crippen molar-refractivity contribution in [1.29, 1.82) is 0 Å². The summed E-state index contributed by atoms with van der Waals surface area (Å²) in [5.41, 5.74) is 1.29. The maximum atomic E-state index is 5.63. The number of furan rings is 1. The minimum Gasteiger partial charge on any atom is -0.468 e.